The topological polar surface area (TPSA) is 109 Å². The van der Waals surface area contributed by atoms with Gasteiger partial charge < -0.3 is 9.73 Å². The summed E-state index contributed by atoms with van der Waals surface area (Å²) in [6.07, 6.45) is 1.27. The van der Waals surface area contributed by atoms with Crippen molar-refractivity contribution in [3.63, 3.8) is 0 Å². The molecule has 29 heavy (non-hydrogen) atoms. The van der Waals surface area contributed by atoms with Crippen molar-refractivity contribution in [2.45, 2.75) is 6.92 Å². The van der Waals surface area contributed by atoms with Gasteiger partial charge in [0.2, 0.25) is 0 Å². The smallest absolute Gasteiger partial charge is 0.280 e. The minimum absolute atomic E-state index is 0.0872. The van der Waals surface area contributed by atoms with Crippen LogP contribution in [0.2, 0.25) is 5.02 Å². The second-order valence-electron chi connectivity index (χ2n) is 6.11. The van der Waals surface area contributed by atoms with Gasteiger partial charge in [-0.1, -0.05) is 17.7 Å². The Morgan fingerprint density at radius 3 is 2.59 bits per heavy atom. The van der Waals surface area contributed by atoms with Crippen LogP contribution in [0.25, 0.3) is 17.4 Å². The average Bonchev–Trinajstić information content (AvgIpc) is 3.16. The zero-order valence-corrected chi connectivity index (χ0v) is 15.9. The van der Waals surface area contributed by atoms with E-state index >= 15 is 0 Å². The predicted octanol–water partition coefficient (Wildman–Crippen LogP) is 5.36. The monoisotopic (exact) mass is 407 g/mol. The number of hydrogen-bond acceptors (Lipinski definition) is 5. The molecule has 1 amide bonds. The number of nitriles is 1. The number of amides is 1. The highest BCUT2D eigenvalue weighted by Gasteiger charge is 2.18. The standard InChI is InChI=1S/C21H14ClN3O4/c1-13-2-8-18(19(10-13)25(27)28)20-9-7-17(29-20)11-14(12-23)21(26)24-16-5-3-15(22)4-6-16/h2-11H,1H3,(H,24,26)/b14-11+. The van der Waals surface area contributed by atoms with Crippen LogP contribution in [-0.2, 0) is 4.79 Å². The van der Waals surface area contributed by atoms with Crippen LogP contribution >= 0.6 is 11.6 Å². The molecule has 0 atom stereocenters. The number of nitrogens with zero attached hydrogens (tertiary/aromatic N) is 2. The van der Waals surface area contributed by atoms with Crippen molar-refractivity contribution in [3.8, 4) is 17.4 Å². The van der Waals surface area contributed by atoms with Gasteiger partial charge in [-0.3, -0.25) is 14.9 Å². The molecule has 0 aliphatic heterocycles. The van der Waals surface area contributed by atoms with Crippen molar-refractivity contribution in [1.82, 2.24) is 0 Å². The molecule has 2 aromatic carbocycles. The first kappa shape index (κ1) is 19.9. The van der Waals surface area contributed by atoms with Gasteiger partial charge in [0.1, 0.15) is 23.2 Å². The number of nitro groups is 1. The molecule has 0 radical (unpaired) electrons. The van der Waals surface area contributed by atoms with Gasteiger partial charge in [0.25, 0.3) is 11.6 Å². The van der Waals surface area contributed by atoms with Crippen molar-refractivity contribution in [2.75, 3.05) is 5.32 Å². The summed E-state index contributed by atoms with van der Waals surface area (Å²) in [5.74, 6) is -0.134. The summed E-state index contributed by atoms with van der Waals surface area (Å²) >= 11 is 5.81. The lowest BCUT2D eigenvalue weighted by Crippen LogP contribution is -2.13. The zero-order chi connectivity index (χ0) is 21.0. The van der Waals surface area contributed by atoms with Gasteiger partial charge in [0.15, 0.2) is 0 Å². The maximum absolute atomic E-state index is 12.3. The van der Waals surface area contributed by atoms with E-state index in [0.717, 1.165) is 5.56 Å². The van der Waals surface area contributed by atoms with Gasteiger partial charge in [-0.25, -0.2) is 0 Å². The molecule has 3 aromatic rings. The Morgan fingerprint density at radius 1 is 1.21 bits per heavy atom. The molecule has 1 aromatic heterocycles. The van der Waals surface area contributed by atoms with E-state index in [1.165, 1.54) is 18.2 Å². The molecule has 0 saturated carbocycles. The van der Waals surface area contributed by atoms with Crippen molar-refractivity contribution in [2.24, 2.45) is 0 Å². The maximum Gasteiger partial charge on any atom is 0.280 e. The van der Waals surface area contributed by atoms with Gasteiger partial charge >= 0.3 is 0 Å². The van der Waals surface area contributed by atoms with E-state index in [1.54, 1.807) is 49.4 Å². The van der Waals surface area contributed by atoms with Crippen LogP contribution in [0.3, 0.4) is 0 Å². The van der Waals surface area contributed by atoms with Crippen LogP contribution in [0.4, 0.5) is 11.4 Å². The van der Waals surface area contributed by atoms with Crippen LogP contribution < -0.4 is 5.32 Å². The number of rotatable bonds is 5. The van der Waals surface area contributed by atoms with Gasteiger partial charge in [0.05, 0.1) is 10.5 Å². The largest absolute Gasteiger partial charge is 0.456 e. The highest BCUT2D eigenvalue weighted by Crippen LogP contribution is 2.32. The number of hydrogen-bond donors (Lipinski definition) is 1. The predicted molar refractivity (Wildman–Crippen MR) is 109 cm³/mol. The SMILES string of the molecule is Cc1ccc(-c2ccc(/C=C(\C#N)C(=O)Nc3ccc(Cl)cc3)o2)c([N+](=O)[O-])c1. The minimum atomic E-state index is -0.617. The fourth-order valence-electron chi connectivity index (χ4n) is 2.60. The zero-order valence-electron chi connectivity index (χ0n) is 15.2. The summed E-state index contributed by atoms with van der Waals surface area (Å²) in [5.41, 5.74) is 1.27. The van der Waals surface area contributed by atoms with E-state index in [2.05, 4.69) is 5.32 Å². The fourth-order valence-corrected chi connectivity index (χ4v) is 2.72. The molecular formula is C21H14ClN3O4. The van der Waals surface area contributed by atoms with Crippen molar-refractivity contribution in [3.05, 3.63) is 86.6 Å². The summed E-state index contributed by atoms with van der Waals surface area (Å²) in [7, 11) is 0. The number of nitro benzene ring substituents is 1. The Bertz CT molecular complexity index is 1160. The van der Waals surface area contributed by atoms with E-state index in [1.807, 2.05) is 6.07 Å². The summed E-state index contributed by atoms with van der Waals surface area (Å²) in [4.78, 5) is 23.1. The molecule has 144 valence electrons. The number of benzene rings is 2. The lowest BCUT2D eigenvalue weighted by molar-refractivity contribution is -0.384. The number of halogens is 1. The third-order valence-corrected chi connectivity index (χ3v) is 4.25. The van der Waals surface area contributed by atoms with Gasteiger partial charge in [-0.05, 0) is 55.0 Å². The average molecular weight is 408 g/mol. The number of carbonyl (C=O) groups is 1. The minimum Gasteiger partial charge on any atom is -0.456 e. The Labute approximate surface area is 171 Å². The van der Waals surface area contributed by atoms with Crippen LogP contribution in [0.5, 0.6) is 0 Å². The molecule has 0 fully saturated rings. The lowest BCUT2D eigenvalue weighted by Gasteiger charge is -2.04. The second kappa shape index (κ2) is 8.42. The Morgan fingerprint density at radius 2 is 1.93 bits per heavy atom. The van der Waals surface area contributed by atoms with Gasteiger partial charge in [-0.2, -0.15) is 5.26 Å². The third-order valence-electron chi connectivity index (χ3n) is 4.00. The fraction of sp³-hybridized carbons (Fsp3) is 0.0476. The lowest BCUT2D eigenvalue weighted by atomic mass is 10.1. The molecule has 7 nitrogen and oxygen atoms in total. The van der Waals surface area contributed by atoms with E-state index in [-0.39, 0.29) is 22.8 Å². The summed E-state index contributed by atoms with van der Waals surface area (Å²) in [5, 5.41) is 23.7. The van der Waals surface area contributed by atoms with Crippen molar-refractivity contribution >= 4 is 35.0 Å². The molecule has 0 spiro atoms. The second-order valence-corrected chi connectivity index (χ2v) is 6.55. The van der Waals surface area contributed by atoms with E-state index in [0.29, 0.717) is 16.3 Å². The molecular weight excluding hydrogens is 394 g/mol. The molecule has 3 rings (SSSR count). The number of anilines is 1. The molecule has 0 aliphatic rings. The van der Waals surface area contributed by atoms with Crippen molar-refractivity contribution < 1.29 is 14.1 Å². The van der Waals surface area contributed by atoms with E-state index in [9.17, 15) is 20.2 Å². The number of aryl methyl sites for hydroxylation is 1. The normalized spacial score (nSPS) is 11.0. The number of nitrogens with one attached hydrogen (secondary N) is 1. The summed E-state index contributed by atoms with van der Waals surface area (Å²) in [6, 6.07) is 16.1. The molecule has 1 N–H and O–H groups in total. The first-order valence-corrected chi connectivity index (χ1v) is 8.79. The first-order chi connectivity index (χ1) is 13.9. The molecule has 0 saturated heterocycles. The quantitative estimate of drug-likeness (QED) is 0.265. The highest BCUT2D eigenvalue weighted by molar-refractivity contribution is 6.30. The third kappa shape index (κ3) is 4.69. The molecule has 1 heterocycles. The molecule has 0 unspecified atom stereocenters. The Kier molecular flexibility index (Phi) is 5.77. The van der Waals surface area contributed by atoms with Crippen molar-refractivity contribution in [1.29, 1.82) is 5.26 Å². The Hall–Kier alpha value is -3.89. The van der Waals surface area contributed by atoms with Gasteiger partial charge in [-0.15, -0.1) is 0 Å². The first-order valence-electron chi connectivity index (χ1n) is 8.41. The van der Waals surface area contributed by atoms with Crippen LogP contribution in [-0.4, -0.2) is 10.8 Å². The van der Waals surface area contributed by atoms with Crippen LogP contribution in [0.15, 0.2) is 64.6 Å². The number of furan rings is 1. The highest BCUT2D eigenvalue weighted by atomic mass is 35.5. The van der Waals surface area contributed by atoms with E-state index in [4.69, 9.17) is 16.0 Å². The molecule has 0 aliphatic carbocycles. The van der Waals surface area contributed by atoms with Crippen LogP contribution in [0, 0.1) is 28.4 Å². The maximum atomic E-state index is 12.3. The van der Waals surface area contributed by atoms with Gasteiger partial charge in [0, 0.05) is 22.9 Å². The summed E-state index contributed by atoms with van der Waals surface area (Å²) in [6.45, 7) is 1.76. The molecule has 8 heteroatoms. The summed E-state index contributed by atoms with van der Waals surface area (Å²) < 4.78 is 5.62. The van der Waals surface area contributed by atoms with E-state index < -0.39 is 10.8 Å². The Balaban J connectivity index is 1.86. The number of carbonyl (C=O) groups excluding carboxylic acids is 1. The van der Waals surface area contributed by atoms with Crippen LogP contribution in [0.1, 0.15) is 11.3 Å². The molecule has 0 bridgehead atoms.